The van der Waals surface area contributed by atoms with Gasteiger partial charge >= 0.3 is 0 Å². The Morgan fingerprint density at radius 2 is 2.35 bits per heavy atom. The Balaban J connectivity index is 1.75. The van der Waals surface area contributed by atoms with E-state index in [0.717, 1.165) is 25.7 Å². The summed E-state index contributed by atoms with van der Waals surface area (Å²) < 4.78 is 8.85. The van der Waals surface area contributed by atoms with Crippen LogP contribution in [-0.4, -0.2) is 70.1 Å². The molecule has 2 saturated heterocycles. The van der Waals surface area contributed by atoms with Crippen LogP contribution in [0.4, 0.5) is 0 Å². The van der Waals surface area contributed by atoms with Crippen LogP contribution >= 0.6 is 11.5 Å². The zero-order chi connectivity index (χ0) is 16.3. The molecule has 1 aromatic rings. The van der Waals surface area contributed by atoms with E-state index >= 15 is 0 Å². The first-order chi connectivity index (χ1) is 11.2. The number of rotatable bonds is 5. The summed E-state index contributed by atoms with van der Waals surface area (Å²) in [5.74, 6) is 0.0437. The highest BCUT2D eigenvalue weighted by Gasteiger charge is 2.50. The molecule has 2 amide bonds. The van der Waals surface area contributed by atoms with Crippen LogP contribution in [0.1, 0.15) is 42.6 Å². The fraction of sp³-hybridized carbons (Fsp3) is 0.733. The Morgan fingerprint density at radius 3 is 3.09 bits per heavy atom. The zero-order valence-electron chi connectivity index (χ0n) is 13.4. The summed E-state index contributed by atoms with van der Waals surface area (Å²) in [5, 5.41) is 5.59. The normalized spacial score (nSPS) is 24.7. The monoisotopic (exact) mass is 338 g/mol. The number of ether oxygens (including phenoxy) is 1. The molecule has 0 aliphatic carbocycles. The molecule has 0 saturated carbocycles. The van der Waals surface area contributed by atoms with E-state index in [4.69, 9.17) is 4.74 Å². The van der Waals surface area contributed by atoms with Crippen LogP contribution in [0.3, 0.4) is 0 Å². The summed E-state index contributed by atoms with van der Waals surface area (Å²) in [7, 11) is 1.66. The molecule has 1 unspecified atom stereocenters. The number of aromatic nitrogens is 2. The van der Waals surface area contributed by atoms with E-state index in [0.29, 0.717) is 38.4 Å². The second-order valence-corrected chi connectivity index (χ2v) is 6.88. The van der Waals surface area contributed by atoms with Gasteiger partial charge in [0.1, 0.15) is 0 Å². The van der Waals surface area contributed by atoms with Crippen LogP contribution < -0.4 is 0 Å². The Labute approximate surface area is 139 Å². The standard InChI is InChI=1S/C15H22N4O3S/c1-22-8-4-6-18-11-15(9-13(18)20)5-2-3-7-19(15)14(21)12-10-23-17-16-12/h10H,2-9,11H2,1H3. The molecule has 3 heterocycles. The van der Waals surface area contributed by atoms with Crippen molar-refractivity contribution in [3.05, 3.63) is 11.1 Å². The van der Waals surface area contributed by atoms with Crippen molar-refractivity contribution in [2.45, 2.75) is 37.6 Å². The number of piperidine rings is 1. The first-order valence-corrected chi connectivity index (χ1v) is 8.86. The summed E-state index contributed by atoms with van der Waals surface area (Å²) in [6.45, 7) is 2.65. The van der Waals surface area contributed by atoms with Gasteiger partial charge in [0.05, 0.1) is 12.0 Å². The van der Waals surface area contributed by atoms with Gasteiger partial charge in [0.2, 0.25) is 5.91 Å². The predicted molar refractivity (Wildman–Crippen MR) is 85.2 cm³/mol. The maximum absolute atomic E-state index is 12.8. The van der Waals surface area contributed by atoms with Gasteiger partial charge in [0.25, 0.3) is 5.91 Å². The van der Waals surface area contributed by atoms with Gasteiger partial charge in [-0.3, -0.25) is 9.59 Å². The molecule has 0 aromatic carbocycles. The van der Waals surface area contributed by atoms with Crippen molar-refractivity contribution in [3.63, 3.8) is 0 Å². The number of hydrogen-bond acceptors (Lipinski definition) is 6. The first kappa shape index (κ1) is 16.3. The van der Waals surface area contributed by atoms with E-state index in [1.807, 2.05) is 9.80 Å². The molecule has 7 nitrogen and oxygen atoms in total. The lowest BCUT2D eigenvalue weighted by Gasteiger charge is -2.44. The third kappa shape index (κ3) is 3.23. The Kier molecular flexibility index (Phi) is 4.91. The minimum absolute atomic E-state index is 0.0926. The molecular formula is C15H22N4O3S. The molecule has 0 radical (unpaired) electrons. The number of amides is 2. The lowest BCUT2D eigenvalue weighted by atomic mass is 9.85. The summed E-state index contributed by atoms with van der Waals surface area (Å²) in [5.41, 5.74) is 0.0184. The fourth-order valence-electron chi connectivity index (χ4n) is 3.65. The van der Waals surface area contributed by atoms with Gasteiger partial charge in [-0.25, -0.2) is 0 Å². The van der Waals surface area contributed by atoms with Gasteiger partial charge in [0, 0.05) is 38.7 Å². The van der Waals surface area contributed by atoms with Crippen molar-refractivity contribution >= 4 is 23.3 Å². The van der Waals surface area contributed by atoms with Gasteiger partial charge in [-0.15, -0.1) is 5.10 Å². The molecule has 23 heavy (non-hydrogen) atoms. The minimum Gasteiger partial charge on any atom is -0.385 e. The summed E-state index contributed by atoms with van der Waals surface area (Å²) >= 11 is 1.18. The molecular weight excluding hydrogens is 316 g/mol. The molecule has 126 valence electrons. The van der Waals surface area contributed by atoms with Crippen LogP contribution in [-0.2, 0) is 9.53 Å². The lowest BCUT2D eigenvalue weighted by molar-refractivity contribution is -0.128. The lowest BCUT2D eigenvalue weighted by Crippen LogP contribution is -2.56. The van der Waals surface area contributed by atoms with Crippen molar-refractivity contribution < 1.29 is 14.3 Å². The third-order valence-corrected chi connectivity index (χ3v) is 5.27. The molecule has 1 spiro atoms. The second kappa shape index (κ2) is 6.92. The maximum atomic E-state index is 12.8. The quantitative estimate of drug-likeness (QED) is 0.754. The highest BCUT2D eigenvalue weighted by Crippen LogP contribution is 2.38. The molecule has 8 heteroatoms. The van der Waals surface area contributed by atoms with Crippen molar-refractivity contribution in [2.24, 2.45) is 0 Å². The molecule has 0 bridgehead atoms. The molecule has 2 fully saturated rings. The van der Waals surface area contributed by atoms with Gasteiger partial charge in [-0.1, -0.05) is 4.49 Å². The summed E-state index contributed by atoms with van der Waals surface area (Å²) in [4.78, 5) is 28.9. The van der Waals surface area contributed by atoms with Gasteiger partial charge < -0.3 is 14.5 Å². The predicted octanol–water partition coefficient (Wildman–Crippen LogP) is 1.17. The maximum Gasteiger partial charge on any atom is 0.275 e. The molecule has 3 rings (SSSR count). The van der Waals surface area contributed by atoms with Gasteiger partial charge in [0.15, 0.2) is 5.69 Å². The topological polar surface area (TPSA) is 75.6 Å². The van der Waals surface area contributed by atoms with Crippen LogP contribution in [0.2, 0.25) is 0 Å². The average Bonchev–Trinajstić information content (AvgIpc) is 3.17. The largest absolute Gasteiger partial charge is 0.385 e. The molecule has 1 aromatic heterocycles. The molecule has 2 aliphatic heterocycles. The van der Waals surface area contributed by atoms with E-state index in [1.54, 1.807) is 12.5 Å². The highest BCUT2D eigenvalue weighted by atomic mass is 32.1. The Bertz CT molecular complexity index is 565. The van der Waals surface area contributed by atoms with E-state index < -0.39 is 0 Å². The first-order valence-electron chi connectivity index (χ1n) is 8.02. The number of nitrogens with zero attached hydrogens (tertiary/aromatic N) is 4. The summed E-state index contributed by atoms with van der Waals surface area (Å²) in [6.07, 6.45) is 4.15. The number of likely N-dealkylation sites (tertiary alicyclic amines) is 2. The Hall–Kier alpha value is -1.54. The van der Waals surface area contributed by atoms with E-state index in [1.165, 1.54) is 11.5 Å². The van der Waals surface area contributed by atoms with Gasteiger partial charge in [-0.2, -0.15) is 0 Å². The minimum atomic E-state index is -0.372. The smallest absolute Gasteiger partial charge is 0.275 e. The molecule has 2 aliphatic rings. The fourth-order valence-corrected chi connectivity index (χ4v) is 4.08. The van der Waals surface area contributed by atoms with Gasteiger partial charge in [-0.05, 0) is 37.2 Å². The van der Waals surface area contributed by atoms with Crippen molar-refractivity contribution in [1.82, 2.24) is 19.4 Å². The van der Waals surface area contributed by atoms with E-state index in [-0.39, 0.29) is 17.4 Å². The van der Waals surface area contributed by atoms with E-state index in [9.17, 15) is 9.59 Å². The number of carbonyl (C=O) groups excluding carboxylic acids is 2. The van der Waals surface area contributed by atoms with Crippen molar-refractivity contribution in [1.29, 1.82) is 0 Å². The van der Waals surface area contributed by atoms with Crippen LogP contribution in [0.5, 0.6) is 0 Å². The zero-order valence-corrected chi connectivity index (χ0v) is 14.2. The van der Waals surface area contributed by atoms with Crippen molar-refractivity contribution in [3.8, 4) is 0 Å². The average molecular weight is 338 g/mol. The molecule has 1 atom stereocenters. The number of hydrogen-bond donors (Lipinski definition) is 0. The number of methoxy groups -OCH3 is 1. The number of carbonyl (C=O) groups is 2. The van der Waals surface area contributed by atoms with Crippen LogP contribution in [0, 0.1) is 0 Å². The van der Waals surface area contributed by atoms with Crippen LogP contribution in [0.25, 0.3) is 0 Å². The second-order valence-electron chi connectivity index (χ2n) is 6.27. The van der Waals surface area contributed by atoms with Crippen molar-refractivity contribution in [2.75, 3.05) is 33.4 Å². The summed E-state index contributed by atoms with van der Waals surface area (Å²) in [6, 6.07) is 0. The third-order valence-electron chi connectivity index (χ3n) is 4.77. The SMILES string of the molecule is COCCCN1CC2(CCCCN2C(=O)c2csnn2)CC1=O. The van der Waals surface area contributed by atoms with Crippen LogP contribution in [0.15, 0.2) is 5.38 Å². The van der Waals surface area contributed by atoms with E-state index in [2.05, 4.69) is 9.59 Å². The Morgan fingerprint density at radius 1 is 1.48 bits per heavy atom. The molecule has 0 N–H and O–H groups in total. The highest BCUT2D eigenvalue weighted by molar-refractivity contribution is 7.03.